The Bertz CT molecular complexity index is 145. The van der Waals surface area contributed by atoms with Crippen molar-refractivity contribution in [2.45, 2.75) is 32.3 Å². The van der Waals surface area contributed by atoms with Gasteiger partial charge in [-0.3, -0.25) is 4.79 Å². The highest BCUT2D eigenvalue weighted by Gasteiger charge is 2.18. The van der Waals surface area contributed by atoms with Crippen LogP contribution in [0.4, 0.5) is 0 Å². The Balaban J connectivity index is 3.63. The summed E-state index contributed by atoms with van der Waals surface area (Å²) in [6.07, 6.45) is 1.49. The Hall–Kier alpha value is -0.140. The Labute approximate surface area is 75.3 Å². The Morgan fingerprint density at radius 3 is 2.58 bits per heavy atom. The molecule has 0 aromatic rings. The predicted octanol–water partition coefficient (Wildman–Crippen LogP) is 1.91. The van der Waals surface area contributed by atoms with Gasteiger partial charge in [0.1, 0.15) is 0 Å². The zero-order valence-electron chi connectivity index (χ0n) is 7.89. The van der Waals surface area contributed by atoms with E-state index in [2.05, 4.69) is 6.66 Å². The van der Waals surface area contributed by atoms with E-state index in [4.69, 9.17) is 9.84 Å². The number of carbonyl (C=O) groups is 1. The van der Waals surface area contributed by atoms with Gasteiger partial charge in [-0.2, -0.15) is 0 Å². The fourth-order valence-corrected chi connectivity index (χ4v) is 1.28. The highest BCUT2D eigenvalue weighted by molar-refractivity contribution is 7.36. The zero-order chi connectivity index (χ0) is 9.61. The third-order valence-electron chi connectivity index (χ3n) is 1.55. The van der Waals surface area contributed by atoms with Crippen LogP contribution in [0.25, 0.3) is 0 Å². The molecule has 0 saturated heterocycles. The molecule has 0 heterocycles. The minimum absolute atomic E-state index is 0.180. The molecule has 1 atom stereocenters. The van der Waals surface area contributed by atoms with Gasteiger partial charge in [-0.15, -0.1) is 0 Å². The lowest BCUT2D eigenvalue weighted by atomic mass is 10.0. The van der Waals surface area contributed by atoms with E-state index in [0.29, 0.717) is 6.42 Å². The van der Waals surface area contributed by atoms with E-state index in [0.717, 1.165) is 14.9 Å². The van der Waals surface area contributed by atoms with Crippen LogP contribution in [0.1, 0.15) is 26.7 Å². The first kappa shape index (κ1) is 11.9. The van der Waals surface area contributed by atoms with E-state index in [1.165, 1.54) is 0 Å². The van der Waals surface area contributed by atoms with Crippen LogP contribution in [0.2, 0.25) is 0 Å². The summed E-state index contributed by atoms with van der Waals surface area (Å²) >= 11 is 0. The number of carboxylic acids is 1. The molecule has 1 unspecified atom stereocenters. The quantitative estimate of drug-likeness (QED) is 0.654. The molecule has 12 heavy (non-hydrogen) atoms. The van der Waals surface area contributed by atoms with Crippen molar-refractivity contribution in [3.05, 3.63) is 0 Å². The average molecular weight is 192 g/mol. The molecule has 0 amide bonds. The van der Waals surface area contributed by atoms with Crippen molar-refractivity contribution >= 4 is 14.6 Å². The smallest absolute Gasteiger partial charge is 0.303 e. The first-order valence-electron chi connectivity index (χ1n) is 3.98. The summed E-state index contributed by atoms with van der Waals surface area (Å²) in [6.45, 7) is 5.92. The molecule has 4 heteroatoms. The van der Waals surface area contributed by atoms with Crippen molar-refractivity contribution in [1.29, 1.82) is 0 Å². The fraction of sp³-hybridized carbons (Fsp3) is 0.875. The first-order valence-corrected chi connectivity index (χ1v) is 5.69. The molecule has 0 aromatic carbocycles. The van der Waals surface area contributed by atoms with Gasteiger partial charge >= 0.3 is 5.97 Å². The minimum Gasteiger partial charge on any atom is -0.481 e. The van der Waals surface area contributed by atoms with Gasteiger partial charge < -0.3 is 9.84 Å². The molecule has 0 aliphatic carbocycles. The van der Waals surface area contributed by atoms with Crippen molar-refractivity contribution in [2.24, 2.45) is 0 Å². The summed E-state index contributed by atoms with van der Waals surface area (Å²) in [5, 5.41) is 8.45. The van der Waals surface area contributed by atoms with Crippen molar-refractivity contribution in [3.63, 3.8) is 0 Å². The summed E-state index contributed by atoms with van der Waals surface area (Å²) in [4.78, 5) is 10.3. The molecule has 0 aliphatic heterocycles. The Morgan fingerprint density at radius 1 is 1.58 bits per heavy atom. The number of rotatable bonds is 6. The molecule has 0 aliphatic rings. The van der Waals surface area contributed by atoms with Gasteiger partial charge in [0.05, 0.1) is 11.9 Å². The second kappa shape index (κ2) is 5.50. The highest BCUT2D eigenvalue weighted by atomic mass is 31.1. The third kappa shape index (κ3) is 6.56. The Morgan fingerprint density at radius 2 is 2.17 bits per heavy atom. The second-order valence-corrected chi connectivity index (χ2v) is 4.29. The van der Waals surface area contributed by atoms with Crippen LogP contribution in [-0.4, -0.2) is 29.7 Å². The van der Waals surface area contributed by atoms with Crippen molar-refractivity contribution in [1.82, 2.24) is 0 Å². The van der Waals surface area contributed by atoms with E-state index in [1.54, 1.807) is 0 Å². The van der Waals surface area contributed by atoms with Gasteiger partial charge in [0.15, 0.2) is 0 Å². The van der Waals surface area contributed by atoms with Crippen molar-refractivity contribution < 1.29 is 14.6 Å². The predicted molar refractivity (Wildman–Crippen MR) is 51.1 cm³/mol. The van der Waals surface area contributed by atoms with Gasteiger partial charge in [-0.05, 0) is 26.9 Å². The van der Waals surface area contributed by atoms with Crippen LogP contribution in [0.15, 0.2) is 0 Å². The maximum atomic E-state index is 10.3. The third-order valence-corrected chi connectivity index (χ3v) is 1.98. The second-order valence-electron chi connectivity index (χ2n) is 3.30. The van der Waals surface area contributed by atoms with Gasteiger partial charge in [0.2, 0.25) is 0 Å². The molecule has 0 bridgehead atoms. The van der Waals surface area contributed by atoms with Crippen LogP contribution >= 0.6 is 8.58 Å². The molecule has 3 nitrogen and oxygen atoms in total. The largest absolute Gasteiger partial charge is 0.481 e. The molecular weight excluding hydrogens is 175 g/mol. The number of carboxylic acid groups (broad SMARTS) is 1. The molecular formula is C8H17O3P. The van der Waals surface area contributed by atoms with Crippen LogP contribution in [0.5, 0.6) is 0 Å². The number of aliphatic carboxylic acids is 1. The summed E-state index contributed by atoms with van der Waals surface area (Å²) in [5.74, 6) is -0.759. The minimum atomic E-state index is -0.759. The lowest BCUT2D eigenvalue weighted by molar-refractivity contribution is -0.138. The van der Waals surface area contributed by atoms with E-state index in [1.807, 2.05) is 13.8 Å². The van der Waals surface area contributed by atoms with Gasteiger partial charge in [-0.1, -0.05) is 8.58 Å². The molecule has 0 aromatic heterocycles. The van der Waals surface area contributed by atoms with Crippen LogP contribution in [0.3, 0.4) is 0 Å². The molecule has 1 N–H and O–H groups in total. The zero-order valence-corrected chi connectivity index (χ0v) is 8.89. The number of hydrogen-bond donors (Lipinski definition) is 1. The summed E-state index contributed by atoms with van der Waals surface area (Å²) < 4.78 is 5.48. The lowest BCUT2D eigenvalue weighted by Crippen LogP contribution is -2.25. The normalized spacial score (nSPS) is 12.6. The summed E-state index contributed by atoms with van der Waals surface area (Å²) in [7, 11) is 0.761. The number of hydrogen-bond acceptors (Lipinski definition) is 2. The van der Waals surface area contributed by atoms with Crippen LogP contribution in [0, 0.1) is 0 Å². The molecule has 0 radical (unpaired) electrons. The molecule has 72 valence electrons. The summed E-state index contributed by atoms with van der Waals surface area (Å²) in [5.41, 5.74) is -0.290. The van der Waals surface area contributed by atoms with E-state index < -0.39 is 5.97 Å². The first-order chi connectivity index (χ1) is 5.48. The van der Waals surface area contributed by atoms with Crippen LogP contribution in [-0.2, 0) is 9.53 Å². The van der Waals surface area contributed by atoms with Gasteiger partial charge in [0, 0.05) is 6.42 Å². The molecule has 0 saturated carbocycles. The molecule has 0 spiro atoms. The van der Waals surface area contributed by atoms with E-state index in [9.17, 15) is 4.79 Å². The Kier molecular flexibility index (Phi) is 5.43. The van der Waals surface area contributed by atoms with Gasteiger partial charge in [-0.25, -0.2) is 0 Å². The topological polar surface area (TPSA) is 46.5 Å². The van der Waals surface area contributed by atoms with Gasteiger partial charge in [0.25, 0.3) is 0 Å². The maximum Gasteiger partial charge on any atom is 0.303 e. The number of ether oxygens (including phenoxy) is 1. The summed E-state index contributed by atoms with van der Waals surface area (Å²) in [6, 6.07) is 0. The van der Waals surface area contributed by atoms with Crippen molar-refractivity contribution in [3.8, 4) is 0 Å². The van der Waals surface area contributed by atoms with Crippen LogP contribution < -0.4 is 0 Å². The highest BCUT2D eigenvalue weighted by Crippen LogP contribution is 2.19. The fourth-order valence-electron chi connectivity index (χ4n) is 0.748. The SMILES string of the molecule is CPCOC(C)(C)CCC(=O)O. The van der Waals surface area contributed by atoms with E-state index >= 15 is 0 Å². The van der Waals surface area contributed by atoms with Crippen molar-refractivity contribution in [2.75, 3.05) is 13.0 Å². The standard InChI is InChI=1S/C8H17O3P/c1-8(2,11-6-12-3)5-4-7(9)10/h12H,4-6H2,1-3H3,(H,9,10). The van der Waals surface area contributed by atoms with E-state index in [-0.39, 0.29) is 12.0 Å². The lowest BCUT2D eigenvalue weighted by Gasteiger charge is -2.24. The molecule has 0 fully saturated rings. The molecule has 0 rings (SSSR count). The average Bonchev–Trinajstić information content (AvgIpc) is 1.98. The monoisotopic (exact) mass is 192 g/mol. The maximum absolute atomic E-state index is 10.3.